The number of hydrogen-bond donors (Lipinski definition) is 0. The van der Waals surface area contributed by atoms with E-state index in [1.807, 2.05) is 12.1 Å². The third-order valence-corrected chi connectivity index (χ3v) is 6.89. The van der Waals surface area contributed by atoms with Crippen LogP contribution in [0.5, 0.6) is 5.75 Å². The first kappa shape index (κ1) is 18.3. The van der Waals surface area contributed by atoms with Crippen LogP contribution in [0.3, 0.4) is 0 Å². The highest BCUT2D eigenvalue weighted by atomic mass is 32.2. The molecule has 1 heterocycles. The fraction of sp³-hybridized carbons (Fsp3) is 0.136. The van der Waals surface area contributed by atoms with Crippen LogP contribution < -0.4 is 9.04 Å². The lowest BCUT2D eigenvalue weighted by Crippen LogP contribution is -2.42. The third kappa shape index (κ3) is 3.05. The van der Waals surface area contributed by atoms with E-state index in [1.165, 1.54) is 4.31 Å². The van der Waals surface area contributed by atoms with Gasteiger partial charge in [0.05, 0.1) is 19.3 Å². The Bertz CT molecular complexity index is 1110. The van der Waals surface area contributed by atoms with Crippen molar-refractivity contribution in [2.75, 3.05) is 11.4 Å². The number of sulfonamides is 1. The lowest BCUT2D eigenvalue weighted by atomic mass is 10.0. The molecule has 6 heteroatoms. The molecule has 1 atom stereocenters. The summed E-state index contributed by atoms with van der Waals surface area (Å²) < 4.78 is 33.5. The van der Waals surface area contributed by atoms with E-state index in [4.69, 9.17) is 4.74 Å². The van der Waals surface area contributed by atoms with Crippen molar-refractivity contribution in [3.05, 3.63) is 95.6 Å². The number of hydrogen-bond acceptors (Lipinski definition) is 4. The molecule has 0 bridgehead atoms. The number of nitrogens with zero attached hydrogens (tertiary/aromatic N) is 1. The van der Waals surface area contributed by atoms with Gasteiger partial charge in [0.1, 0.15) is 5.75 Å². The number of anilines is 1. The Morgan fingerprint density at radius 1 is 0.893 bits per heavy atom. The van der Waals surface area contributed by atoms with Crippen LogP contribution in [0.2, 0.25) is 0 Å². The summed E-state index contributed by atoms with van der Waals surface area (Å²) in [6.07, 6.45) is 0. The second-order valence-corrected chi connectivity index (χ2v) is 8.51. The molecular weight excluding hydrogens is 374 g/mol. The van der Waals surface area contributed by atoms with Crippen LogP contribution in [0.4, 0.5) is 5.69 Å². The molecule has 0 N–H and O–H groups in total. The molecule has 28 heavy (non-hydrogen) atoms. The summed E-state index contributed by atoms with van der Waals surface area (Å²) in [5.74, 6) is 0.302. The Labute approximate surface area is 164 Å². The van der Waals surface area contributed by atoms with Gasteiger partial charge in [-0.15, -0.1) is 0 Å². The number of ketones is 1. The minimum Gasteiger partial charge on any atom is -0.497 e. The number of methoxy groups -OCH3 is 1. The van der Waals surface area contributed by atoms with Gasteiger partial charge in [-0.2, -0.15) is 0 Å². The van der Waals surface area contributed by atoms with Gasteiger partial charge in [-0.25, -0.2) is 8.42 Å². The fourth-order valence-electron chi connectivity index (χ4n) is 3.46. The molecule has 0 fully saturated rings. The van der Waals surface area contributed by atoms with Gasteiger partial charge < -0.3 is 4.74 Å². The quantitative estimate of drug-likeness (QED) is 0.673. The molecule has 0 aliphatic carbocycles. The van der Waals surface area contributed by atoms with Crippen molar-refractivity contribution in [2.45, 2.75) is 11.8 Å². The van der Waals surface area contributed by atoms with E-state index in [0.717, 1.165) is 5.56 Å². The molecule has 3 aromatic carbocycles. The van der Waals surface area contributed by atoms with Crippen LogP contribution in [0.25, 0.3) is 0 Å². The van der Waals surface area contributed by atoms with Gasteiger partial charge in [-0.3, -0.25) is 9.10 Å². The Hall–Kier alpha value is -3.12. The molecule has 4 rings (SSSR count). The maximum absolute atomic E-state index is 13.5. The summed E-state index contributed by atoms with van der Waals surface area (Å²) in [6, 6.07) is 22.7. The molecule has 1 unspecified atom stereocenters. The largest absolute Gasteiger partial charge is 0.497 e. The number of para-hydroxylation sites is 1. The van der Waals surface area contributed by atoms with Crippen LogP contribution in [-0.2, 0) is 16.6 Å². The molecule has 0 aromatic heterocycles. The molecule has 0 amide bonds. The monoisotopic (exact) mass is 393 g/mol. The SMILES string of the molecule is COc1ccc(CN2c3ccccc3C(=O)C(c3ccccc3)S2(=O)=O)cc1. The molecule has 1 aliphatic rings. The smallest absolute Gasteiger partial charge is 0.250 e. The predicted molar refractivity (Wildman–Crippen MR) is 108 cm³/mol. The number of carbonyl (C=O) groups is 1. The van der Waals surface area contributed by atoms with Gasteiger partial charge >= 0.3 is 0 Å². The number of rotatable bonds is 4. The second-order valence-electron chi connectivity index (χ2n) is 6.57. The van der Waals surface area contributed by atoms with Crippen LogP contribution >= 0.6 is 0 Å². The lowest BCUT2D eigenvalue weighted by Gasteiger charge is -2.34. The van der Waals surface area contributed by atoms with E-state index in [2.05, 4.69) is 0 Å². The van der Waals surface area contributed by atoms with E-state index in [9.17, 15) is 13.2 Å². The summed E-state index contributed by atoms with van der Waals surface area (Å²) in [6.45, 7) is 0.139. The average Bonchev–Trinajstić information content (AvgIpc) is 2.72. The minimum absolute atomic E-state index is 0.139. The van der Waals surface area contributed by atoms with Gasteiger partial charge in [0, 0.05) is 5.56 Å². The van der Waals surface area contributed by atoms with Gasteiger partial charge in [0.2, 0.25) is 10.0 Å². The van der Waals surface area contributed by atoms with E-state index >= 15 is 0 Å². The van der Waals surface area contributed by atoms with E-state index in [0.29, 0.717) is 22.6 Å². The summed E-state index contributed by atoms with van der Waals surface area (Å²) >= 11 is 0. The van der Waals surface area contributed by atoms with Crippen LogP contribution in [-0.4, -0.2) is 21.3 Å². The fourth-order valence-corrected chi connectivity index (χ4v) is 5.38. The van der Waals surface area contributed by atoms with Crippen molar-refractivity contribution in [1.29, 1.82) is 0 Å². The lowest BCUT2D eigenvalue weighted by molar-refractivity contribution is 0.0985. The summed E-state index contributed by atoms with van der Waals surface area (Å²) in [4.78, 5) is 13.1. The first-order chi connectivity index (χ1) is 13.5. The van der Waals surface area contributed by atoms with Crippen molar-refractivity contribution >= 4 is 21.5 Å². The maximum atomic E-state index is 13.5. The molecule has 0 radical (unpaired) electrons. The molecule has 3 aromatic rings. The van der Waals surface area contributed by atoms with Gasteiger partial charge in [0.25, 0.3) is 0 Å². The van der Waals surface area contributed by atoms with Gasteiger partial charge in [0.15, 0.2) is 11.0 Å². The van der Waals surface area contributed by atoms with Gasteiger partial charge in [-0.05, 0) is 35.4 Å². The van der Waals surface area contributed by atoms with Crippen LogP contribution in [0.1, 0.15) is 26.7 Å². The molecular formula is C22H19NO4S. The van der Waals surface area contributed by atoms with Crippen LogP contribution in [0.15, 0.2) is 78.9 Å². The molecule has 5 nitrogen and oxygen atoms in total. The topological polar surface area (TPSA) is 63.7 Å². The van der Waals surface area contributed by atoms with Crippen molar-refractivity contribution in [2.24, 2.45) is 0 Å². The zero-order valence-electron chi connectivity index (χ0n) is 15.3. The molecule has 0 spiro atoms. The Morgan fingerprint density at radius 2 is 1.54 bits per heavy atom. The van der Waals surface area contributed by atoms with Crippen molar-refractivity contribution in [3.63, 3.8) is 0 Å². The molecule has 1 aliphatic heterocycles. The maximum Gasteiger partial charge on any atom is 0.250 e. The summed E-state index contributed by atoms with van der Waals surface area (Å²) in [5.41, 5.74) is 2.11. The normalized spacial score (nSPS) is 17.8. The number of ether oxygens (including phenoxy) is 1. The first-order valence-corrected chi connectivity index (χ1v) is 10.4. The highest BCUT2D eigenvalue weighted by Gasteiger charge is 2.45. The van der Waals surface area contributed by atoms with E-state index in [-0.39, 0.29) is 6.54 Å². The second kappa shape index (κ2) is 7.13. The summed E-state index contributed by atoms with van der Waals surface area (Å²) in [5, 5.41) is -1.25. The molecule has 142 valence electrons. The van der Waals surface area contributed by atoms with Crippen molar-refractivity contribution < 1.29 is 17.9 Å². The van der Waals surface area contributed by atoms with Crippen LogP contribution in [0, 0.1) is 0 Å². The number of carbonyl (C=O) groups excluding carboxylic acids is 1. The van der Waals surface area contributed by atoms with Crippen molar-refractivity contribution in [3.8, 4) is 5.75 Å². The average molecular weight is 393 g/mol. The predicted octanol–water partition coefficient (Wildman–Crippen LogP) is 3.97. The molecule has 0 saturated heterocycles. The summed E-state index contributed by atoms with van der Waals surface area (Å²) in [7, 11) is -2.36. The van der Waals surface area contributed by atoms with Crippen molar-refractivity contribution in [1.82, 2.24) is 0 Å². The highest BCUT2D eigenvalue weighted by Crippen LogP contribution is 2.41. The first-order valence-electron chi connectivity index (χ1n) is 8.85. The minimum atomic E-state index is -3.94. The third-order valence-electron chi connectivity index (χ3n) is 4.87. The zero-order valence-corrected chi connectivity index (χ0v) is 16.1. The standard InChI is InChI=1S/C22H19NO4S/c1-27-18-13-11-16(12-14-18)15-23-20-10-6-5-9-19(20)21(24)22(28(23,25)26)17-7-3-2-4-8-17/h2-14,22H,15H2,1H3. The van der Waals surface area contributed by atoms with Gasteiger partial charge in [-0.1, -0.05) is 54.6 Å². The zero-order chi connectivity index (χ0) is 19.7. The van der Waals surface area contributed by atoms with E-state index in [1.54, 1.807) is 73.8 Å². The highest BCUT2D eigenvalue weighted by molar-refractivity contribution is 7.93. The Morgan fingerprint density at radius 3 is 2.21 bits per heavy atom. The Balaban J connectivity index is 1.83. The number of benzene rings is 3. The number of Topliss-reactive ketones (excluding diaryl/α,β-unsaturated/α-hetero) is 1. The number of fused-ring (bicyclic) bond motifs is 1. The Kier molecular flexibility index (Phi) is 4.65. The van der Waals surface area contributed by atoms with E-state index < -0.39 is 21.1 Å². The molecule has 0 saturated carbocycles.